The fraction of sp³-hybridized carbons (Fsp3) is 0.231. The molecule has 2 rings (SSSR count). The van der Waals surface area contributed by atoms with Crippen molar-refractivity contribution in [2.45, 2.75) is 0 Å². The molecule has 1 aromatic carbocycles. The SMILES string of the molecule is COc1cccc(/C=C2\SC(=S)N(CCS(=O)(=O)O)C2=O)c1. The molecule has 1 aliphatic heterocycles. The van der Waals surface area contributed by atoms with E-state index in [1.807, 2.05) is 6.07 Å². The number of nitrogens with zero attached hydrogens (tertiary/aromatic N) is 1. The fourth-order valence-electron chi connectivity index (χ4n) is 1.78. The second kappa shape index (κ2) is 6.78. The maximum absolute atomic E-state index is 12.2. The Kier molecular flexibility index (Phi) is 5.22. The highest BCUT2D eigenvalue weighted by molar-refractivity contribution is 8.26. The molecule has 1 fully saturated rings. The highest BCUT2D eigenvalue weighted by Crippen LogP contribution is 2.32. The minimum Gasteiger partial charge on any atom is -0.497 e. The summed E-state index contributed by atoms with van der Waals surface area (Å²) in [5.74, 6) is -0.261. The first-order valence-corrected chi connectivity index (χ1v) is 8.98. The van der Waals surface area contributed by atoms with Crippen LogP contribution in [0.5, 0.6) is 5.75 Å². The van der Waals surface area contributed by atoms with Crippen LogP contribution in [0.3, 0.4) is 0 Å². The van der Waals surface area contributed by atoms with Gasteiger partial charge in [0.25, 0.3) is 16.0 Å². The van der Waals surface area contributed by atoms with Crippen molar-refractivity contribution in [2.24, 2.45) is 0 Å². The van der Waals surface area contributed by atoms with Crippen LogP contribution in [-0.2, 0) is 14.9 Å². The maximum Gasteiger partial charge on any atom is 0.266 e. The third-order valence-electron chi connectivity index (χ3n) is 2.84. The molecule has 0 aliphatic carbocycles. The second-order valence-corrected chi connectivity index (χ2v) is 7.64. The van der Waals surface area contributed by atoms with E-state index < -0.39 is 15.9 Å². The Labute approximate surface area is 137 Å². The number of ether oxygens (including phenoxy) is 1. The summed E-state index contributed by atoms with van der Waals surface area (Å²) >= 11 is 6.17. The van der Waals surface area contributed by atoms with Gasteiger partial charge in [-0.05, 0) is 23.8 Å². The molecule has 0 saturated carbocycles. The first-order chi connectivity index (χ1) is 10.3. The highest BCUT2D eigenvalue weighted by atomic mass is 32.2. The van der Waals surface area contributed by atoms with Crippen LogP contribution in [-0.4, -0.2) is 47.5 Å². The van der Waals surface area contributed by atoms with Crippen molar-refractivity contribution in [3.63, 3.8) is 0 Å². The Morgan fingerprint density at radius 1 is 1.45 bits per heavy atom. The topological polar surface area (TPSA) is 83.9 Å². The number of hydrogen-bond donors (Lipinski definition) is 1. The van der Waals surface area contributed by atoms with Crippen molar-refractivity contribution >= 4 is 50.4 Å². The number of benzene rings is 1. The van der Waals surface area contributed by atoms with Crippen molar-refractivity contribution in [1.29, 1.82) is 0 Å². The van der Waals surface area contributed by atoms with E-state index >= 15 is 0 Å². The molecule has 0 bridgehead atoms. The predicted octanol–water partition coefficient (Wildman–Crippen LogP) is 1.78. The highest BCUT2D eigenvalue weighted by Gasteiger charge is 2.32. The molecule has 1 aliphatic rings. The van der Waals surface area contributed by atoms with Crippen LogP contribution in [0.4, 0.5) is 0 Å². The zero-order chi connectivity index (χ0) is 16.3. The Balaban J connectivity index is 2.18. The normalized spacial score (nSPS) is 17.4. The van der Waals surface area contributed by atoms with E-state index in [1.165, 1.54) is 4.90 Å². The van der Waals surface area contributed by atoms with Crippen LogP contribution in [0.1, 0.15) is 5.56 Å². The van der Waals surface area contributed by atoms with Gasteiger partial charge >= 0.3 is 0 Å². The summed E-state index contributed by atoms with van der Waals surface area (Å²) in [6, 6.07) is 7.16. The van der Waals surface area contributed by atoms with Crippen LogP contribution in [0.25, 0.3) is 6.08 Å². The zero-order valence-electron chi connectivity index (χ0n) is 11.6. The smallest absolute Gasteiger partial charge is 0.266 e. The summed E-state index contributed by atoms with van der Waals surface area (Å²) in [5, 5.41) is 0. The van der Waals surface area contributed by atoms with Crippen LogP contribution >= 0.6 is 24.0 Å². The monoisotopic (exact) mass is 359 g/mol. The molecule has 9 heteroatoms. The summed E-state index contributed by atoms with van der Waals surface area (Å²) in [6.45, 7) is -0.168. The first kappa shape index (κ1) is 16.9. The summed E-state index contributed by atoms with van der Waals surface area (Å²) in [6.07, 6.45) is 1.66. The number of methoxy groups -OCH3 is 1. The number of hydrogen-bond acceptors (Lipinski definition) is 6. The van der Waals surface area contributed by atoms with Gasteiger partial charge in [0.2, 0.25) is 0 Å². The van der Waals surface area contributed by atoms with Crippen LogP contribution < -0.4 is 4.74 Å². The molecule has 1 heterocycles. The van der Waals surface area contributed by atoms with E-state index in [1.54, 1.807) is 31.4 Å². The van der Waals surface area contributed by atoms with Gasteiger partial charge in [0.05, 0.1) is 17.8 Å². The van der Waals surface area contributed by atoms with Gasteiger partial charge in [0.15, 0.2) is 0 Å². The molecule has 0 unspecified atom stereocenters. The second-order valence-electron chi connectivity index (χ2n) is 4.40. The molecule has 0 spiro atoms. The maximum atomic E-state index is 12.2. The van der Waals surface area contributed by atoms with E-state index in [4.69, 9.17) is 21.5 Å². The third kappa shape index (κ3) is 4.29. The van der Waals surface area contributed by atoms with E-state index in [-0.39, 0.29) is 16.8 Å². The fourth-order valence-corrected chi connectivity index (χ4v) is 3.50. The molecule has 22 heavy (non-hydrogen) atoms. The average Bonchev–Trinajstić information content (AvgIpc) is 2.70. The molecule has 0 aromatic heterocycles. The Hall–Kier alpha value is -1.42. The molecule has 6 nitrogen and oxygen atoms in total. The lowest BCUT2D eigenvalue weighted by atomic mass is 10.2. The lowest BCUT2D eigenvalue weighted by Gasteiger charge is -2.12. The summed E-state index contributed by atoms with van der Waals surface area (Å²) < 4.78 is 35.7. The van der Waals surface area contributed by atoms with E-state index in [0.717, 1.165) is 17.3 Å². The van der Waals surface area contributed by atoms with Crippen molar-refractivity contribution in [3.8, 4) is 5.75 Å². The lowest BCUT2D eigenvalue weighted by molar-refractivity contribution is -0.121. The van der Waals surface area contributed by atoms with Gasteiger partial charge in [-0.15, -0.1) is 0 Å². The first-order valence-electron chi connectivity index (χ1n) is 6.15. The van der Waals surface area contributed by atoms with E-state index in [9.17, 15) is 13.2 Å². The van der Waals surface area contributed by atoms with Gasteiger partial charge in [-0.2, -0.15) is 8.42 Å². The van der Waals surface area contributed by atoms with E-state index in [0.29, 0.717) is 10.7 Å². The van der Waals surface area contributed by atoms with Gasteiger partial charge in [-0.3, -0.25) is 14.2 Å². The number of thiocarbonyl (C=S) groups is 1. The standard InChI is InChI=1S/C13H13NO5S3/c1-19-10-4-2-3-9(7-10)8-11-12(15)14(13(20)21-11)5-6-22(16,17)18/h2-4,7-8H,5-6H2,1H3,(H,16,17,18)/b11-8-. The van der Waals surface area contributed by atoms with Crippen molar-refractivity contribution in [3.05, 3.63) is 34.7 Å². The predicted molar refractivity (Wildman–Crippen MR) is 89.3 cm³/mol. The molecule has 0 radical (unpaired) electrons. The Morgan fingerprint density at radius 2 is 2.18 bits per heavy atom. The number of carbonyl (C=O) groups is 1. The molecule has 0 atom stereocenters. The number of carbonyl (C=O) groups excluding carboxylic acids is 1. The van der Waals surface area contributed by atoms with Crippen molar-refractivity contribution in [1.82, 2.24) is 4.90 Å². The van der Waals surface area contributed by atoms with Gasteiger partial charge < -0.3 is 4.74 Å². The van der Waals surface area contributed by atoms with Crippen LogP contribution in [0.15, 0.2) is 29.2 Å². The average molecular weight is 359 g/mol. The minimum atomic E-state index is -4.14. The quantitative estimate of drug-likeness (QED) is 0.487. The number of rotatable bonds is 5. The summed E-state index contributed by atoms with van der Waals surface area (Å²) in [4.78, 5) is 13.8. The zero-order valence-corrected chi connectivity index (χ0v) is 14.0. The molecule has 118 valence electrons. The number of thioether (sulfide) groups is 1. The molecule has 1 saturated heterocycles. The summed E-state index contributed by atoms with van der Waals surface area (Å²) in [7, 11) is -2.59. The van der Waals surface area contributed by atoms with Gasteiger partial charge in [0.1, 0.15) is 10.1 Å². The molecule has 1 N–H and O–H groups in total. The molecular formula is C13H13NO5S3. The lowest BCUT2D eigenvalue weighted by Crippen LogP contribution is -2.32. The number of amides is 1. The van der Waals surface area contributed by atoms with Crippen LogP contribution in [0, 0.1) is 0 Å². The largest absolute Gasteiger partial charge is 0.497 e. The van der Waals surface area contributed by atoms with Gasteiger partial charge in [0, 0.05) is 6.54 Å². The molecule has 1 amide bonds. The minimum absolute atomic E-state index is 0.168. The molecule has 1 aromatic rings. The third-order valence-corrected chi connectivity index (χ3v) is 4.91. The van der Waals surface area contributed by atoms with Gasteiger partial charge in [-0.1, -0.05) is 36.1 Å². The Bertz CT molecular complexity index is 742. The molecular weight excluding hydrogens is 346 g/mol. The van der Waals surface area contributed by atoms with E-state index in [2.05, 4.69) is 0 Å². The van der Waals surface area contributed by atoms with Crippen LogP contribution in [0.2, 0.25) is 0 Å². The van der Waals surface area contributed by atoms with Crippen molar-refractivity contribution in [2.75, 3.05) is 19.4 Å². The van der Waals surface area contributed by atoms with Crippen molar-refractivity contribution < 1.29 is 22.5 Å². The Morgan fingerprint density at radius 3 is 2.82 bits per heavy atom. The van der Waals surface area contributed by atoms with Gasteiger partial charge in [-0.25, -0.2) is 0 Å². The summed E-state index contributed by atoms with van der Waals surface area (Å²) in [5.41, 5.74) is 0.773.